The molecular weight excluding hydrogens is 366 g/mol. The second kappa shape index (κ2) is 24.7. The lowest BCUT2D eigenvalue weighted by Crippen LogP contribution is -2.32. The Labute approximate surface area is 191 Å². The van der Waals surface area contributed by atoms with Crippen molar-refractivity contribution in [2.24, 2.45) is 0 Å². The third kappa shape index (κ3) is 20.7. The smallest absolute Gasteiger partial charge is 0.222 e. The zero-order valence-corrected chi connectivity index (χ0v) is 21.3. The van der Waals surface area contributed by atoms with Crippen LogP contribution in [0.3, 0.4) is 0 Å². The predicted molar refractivity (Wildman–Crippen MR) is 135 cm³/mol. The molecule has 0 radical (unpaired) electrons. The summed E-state index contributed by atoms with van der Waals surface area (Å²) in [7, 11) is 0. The molecule has 0 aliphatic heterocycles. The molecule has 0 aromatic carbocycles. The van der Waals surface area contributed by atoms with Gasteiger partial charge >= 0.3 is 0 Å². The van der Waals surface area contributed by atoms with E-state index in [4.69, 9.17) is 0 Å². The lowest BCUT2D eigenvalue weighted by Gasteiger charge is -2.23. The van der Waals surface area contributed by atoms with Gasteiger partial charge in [0.05, 0.1) is 0 Å². The van der Waals surface area contributed by atoms with Crippen molar-refractivity contribution in [3.8, 4) is 0 Å². The molecule has 0 saturated carbocycles. The molecule has 0 unspecified atom stereocenters. The van der Waals surface area contributed by atoms with E-state index in [1.165, 1.54) is 128 Å². The Morgan fingerprint density at radius 2 is 0.733 bits per heavy atom. The molecule has 0 aromatic heterocycles. The number of rotatable bonds is 24. The van der Waals surface area contributed by atoms with E-state index < -0.39 is 0 Å². The van der Waals surface area contributed by atoms with Gasteiger partial charge < -0.3 is 4.90 Å². The van der Waals surface area contributed by atoms with Crippen molar-refractivity contribution in [3.63, 3.8) is 0 Å². The first kappa shape index (κ1) is 29.5. The van der Waals surface area contributed by atoms with Crippen LogP contribution in [0.1, 0.15) is 162 Å². The minimum atomic E-state index is 0.427. The quantitative estimate of drug-likeness (QED) is 0.141. The molecule has 0 rings (SSSR count). The fraction of sp³-hybridized carbons (Fsp3) is 0.964. The van der Waals surface area contributed by atoms with Gasteiger partial charge in [-0.05, 0) is 19.3 Å². The number of carbonyl (C=O) groups excluding carboxylic acids is 1. The Morgan fingerprint density at radius 3 is 1.10 bits per heavy atom. The van der Waals surface area contributed by atoms with Gasteiger partial charge in [-0.25, -0.2) is 0 Å². The van der Waals surface area contributed by atoms with Crippen LogP contribution in [0.4, 0.5) is 0 Å². The second-order valence-electron chi connectivity index (χ2n) is 9.49. The fourth-order valence-corrected chi connectivity index (χ4v) is 4.27. The van der Waals surface area contributed by atoms with Gasteiger partial charge in [-0.1, -0.05) is 136 Å². The summed E-state index contributed by atoms with van der Waals surface area (Å²) in [4.78, 5) is 15.0. The number of hydrogen-bond acceptors (Lipinski definition) is 1. The summed E-state index contributed by atoms with van der Waals surface area (Å²) in [6, 6.07) is 0. The van der Waals surface area contributed by atoms with Gasteiger partial charge in [0.25, 0.3) is 0 Å². The molecule has 0 saturated heterocycles. The summed E-state index contributed by atoms with van der Waals surface area (Å²) in [5.41, 5.74) is 0. The maximum absolute atomic E-state index is 12.8. The molecular formula is C28H57NO. The van der Waals surface area contributed by atoms with Crippen LogP contribution in [0.25, 0.3) is 0 Å². The van der Waals surface area contributed by atoms with E-state index in [1.54, 1.807) is 0 Å². The number of hydrogen-bond donors (Lipinski definition) is 0. The predicted octanol–water partition coefficient (Wildman–Crippen LogP) is 9.46. The van der Waals surface area contributed by atoms with E-state index in [-0.39, 0.29) is 0 Å². The summed E-state index contributed by atoms with van der Waals surface area (Å²) in [5, 5.41) is 0. The molecule has 2 heteroatoms. The van der Waals surface area contributed by atoms with Gasteiger partial charge in [0, 0.05) is 19.5 Å². The third-order valence-electron chi connectivity index (χ3n) is 6.41. The monoisotopic (exact) mass is 423 g/mol. The van der Waals surface area contributed by atoms with Crippen LogP contribution in [0.15, 0.2) is 0 Å². The van der Waals surface area contributed by atoms with Gasteiger partial charge in [-0.2, -0.15) is 0 Å². The van der Waals surface area contributed by atoms with Crippen LogP contribution in [0.5, 0.6) is 0 Å². The highest BCUT2D eigenvalue weighted by molar-refractivity contribution is 5.76. The zero-order valence-electron chi connectivity index (χ0n) is 21.3. The van der Waals surface area contributed by atoms with Gasteiger partial charge in [0.15, 0.2) is 0 Å². The summed E-state index contributed by atoms with van der Waals surface area (Å²) < 4.78 is 0. The first-order valence-electron chi connectivity index (χ1n) is 14.0. The SMILES string of the molecule is CCCCCCCCCCCCN(CCCCCCCC)C(=O)CCCCCCC. The highest BCUT2D eigenvalue weighted by Gasteiger charge is 2.12. The Bertz CT molecular complexity index is 342. The fourth-order valence-electron chi connectivity index (χ4n) is 4.27. The van der Waals surface area contributed by atoms with Gasteiger partial charge in [-0.3, -0.25) is 4.79 Å². The zero-order chi connectivity index (χ0) is 22.1. The van der Waals surface area contributed by atoms with Crippen LogP contribution in [0, 0.1) is 0 Å². The third-order valence-corrected chi connectivity index (χ3v) is 6.41. The molecule has 30 heavy (non-hydrogen) atoms. The normalized spacial score (nSPS) is 11.2. The minimum Gasteiger partial charge on any atom is -0.343 e. The molecule has 0 heterocycles. The molecule has 0 fully saturated rings. The first-order valence-corrected chi connectivity index (χ1v) is 14.0. The summed E-state index contributed by atoms with van der Waals surface area (Å²) >= 11 is 0. The van der Waals surface area contributed by atoms with Crippen molar-refractivity contribution in [2.45, 2.75) is 162 Å². The summed E-state index contributed by atoms with van der Waals surface area (Å²) in [6.45, 7) is 8.80. The maximum atomic E-state index is 12.8. The van der Waals surface area contributed by atoms with Gasteiger partial charge in [-0.15, -0.1) is 0 Å². The van der Waals surface area contributed by atoms with Crippen LogP contribution < -0.4 is 0 Å². The summed E-state index contributed by atoms with van der Waals surface area (Å²) in [6.07, 6.45) is 28.5. The first-order chi connectivity index (χ1) is 14.8. The lowest BCUT2D eigenvalue weighted by molar-refractivity contribution is -0.131. The number of carbonyl (C=O) groups is 1. The second-order valence-corrected chi connectivity index (χ2v) is 9.49. The minimum absolute atomic E-state index is 0.427. The molecule has 1 amide bonds. The summed E-state index contributed by atoms with van der Waals surface area (Å²) in [5.74, 6) is 0.427. The number of amides is 1. The molecule has 0 atom stereocenters. The van der Waals surface area contributed by atoms with Gasteiger partial charge in [0.1, 0.15) is 0 Å². The highest BCUT2D eigenvalue weighted by Crippen LogP contribution is 2.13. The molecule has 0 bridgehead atoms. The van der Waals surface area contributed by atoms with Crippen LogP contribution in [-0.4, -0.2) is 23.9 Å². The van der Waals surface area contributed by atoms with Crippen molar-refractivity contribution in [1.29, 1.82) is 0 Å². The van der Waals surface area contributed by atoms with Crippen molar-refractivity contribution in [1.82, 2.24) is 4.90 Å². The van der Waals surface area contributed by atoms with Crippen molar-refractivity contribution < 1.29 is 4.79 Å². The average molecular weight is 424 g/mol. The molecule has 0 aliphatic rings. The Balaban J connectivity index is 3.96. The van der Waals surface area contributed by atoms with E-state index in [2.05, 4.69) is 25.7 Å². The molecule has 180 valence electrons. The highest BCUT2D eigenvalue weighted by atomic mass is 16.2. The number of unbranched alkanes of at least 4 members (excludes halogenated alkanes) is 18. The van der Waals surface area contributed by atoms with E-state index in [0.29, 0.717) is 5.91 Å². The molecule has 0 N–H and O–H groups in total. The maximum Gasteiger partial charge on any atom is 0.222 e. The van der Waals surface area contributed by atoms with Crippen molar-refractivity contribution >= 4 is 5.91 Å². The standard InChI is InChI=1S/C28H57NO/c1-4-7-10-13-15-16-17-18-21-24-27-29(26-23-20-14-11-8-5-2)28(30)25-22-19-12-9-6-3/h4-27H2,1-3H3. The lowest BCUT2D eigenvalue weighted by atomic mass is 10.1. The molecule has 0 spiro atoms. The Kier molecular flexibility index (Phi) is 24.3. The van der Waals surface area contributed by atoms with E-state index in [1.807, 2.05) is 0 Å². The molecule has 2 nitrogen and oxygen atoms in total. The molecule has 0 aliphatic carbocycles. The Hall–Kier alpha value is -0.530. The van der Waals surface area contributed by atoms with Crippen LogP contribution in [-0.2, 0) is 4.79 Å². The van der Waals surface area contributed by atoms with Gasteiger partial charge in [0.2, 0.25) is 5.91 Å². The topological polar surface area (TPSA) is 20.3 Å². The van der Waals surface area contributed by atoms with Crippen LogP contribution in [0.2, 0.25) is 0 Å². The molecule has 0 aromatic rings. The van der Waals surface area contributed by atoms with E-state index in [0.717, 1.165) is 25.9 Å². The van der Waals surface area contributed by atoms with E-state index >= 15 is 0 Å². The van der Waals surface area contributed by atoms with Crippen molar-refractivity contribution in [3.05, 3.63) is 0 Å². The number of nitrogens with zero attached hydrogens (tertiary/aromatic N) is 1. The largest absolute Gasteiger partial charge is 0.343 e. The average Bonchev–Trinajstić information content (AvgIpc) is 2.75. The van der Waals surface area contributed by atoms with Crippen LogP contribution >= 0.6 is 0 Å². The van der Waals surface area contributed by atoms with E-state index in [9.17, 15) is 4.79 Å². The van der Waals surface area contributed by atoms with Crippen molar-refractivity contribution in [2.75, 3.05) is 13.1 Å². The Morgan fingerprint density at radius 1 is 0.433 bits per heavy atom.